The van der Waals surface area contributed by atoms with Gasteiger partial charge in [0.05, 0.1) is 11.9 Å². The fourth-order valence-electron chi connectivity index (χ4n) is 3.02. The van der Waals surface area contributed by atoms with E-state index in [-0.39, 0.29) is 0 Å². The number of nitrogens with one attached hydrogen (secondary N) is 1. The van der Waals surface area contributed by atoms with Crippen molar-refractivity contribution in [3.8, 4) is 0 Å². The molecule has 0 aliphatic heterocycles. The van der Waals surface area contributed by atoms with Crippen LogP contribution in [0.3, 0.4) is 0 Å². The van der Waals surface area contributed by atoms with E-state index in [1.54, 1.807) is 6.20 Å². The highest BCUT2D eigenvalue weighted by molar-refractivity contribution is 6.33. The number of rotatable bonds is 4. The molecule has 2 aromatic rings. The van der Waals surface area contributed by atoms with Gasteiger partial charge in [0.1, 0.15) is 10.8 Å². The van der Waals surface area contributed by atoms with Gasteiger partial charge >= 0.3 is 0 Å². The number of fused-ring (bicyclic) bond motifs is 1. The van der Waals surface area contributed by atoms with Crippen LogP contribution < -0.4 is 5.32 Å². The fourth-order valence-corrected chi connectivity index (χ4v) is 3.18. The number of anilines is 1. The van der Waals surface area contributed by atoms with Crippen molar-refractivity contribution < 1.29 is 0 Å². The molecule has 112 valence electrons. The lowest BCUT2D eigenvalue weighted by molar-refractivity contribution is 0.740. The highest BCUT2D eigenvalue weighted by atomic mass is 35.5. The summed E-state index contributed by atoms with van der Waals surface area (Å²) in [7, 11) is 0. The van der Waals surface area contributed by atoms with Crippen molar-refractivity contribution >= 4 is 28.6 Å². The summed E-state index contributed by atoms with van der Waals surface area (Å²) in [6.07, 6.45) is 9.77. The van der Waals surface area contributed by atoms with E-state index in [0.717, 1.165) is 23.6 Å². The minimum absolute atomic E-state index is 0.530. The van der Waals surface area contributed by atoms with Crippen LogP contribution in [0.4, 0.5) is 5.82 Å². The van der Waals surface area contributed by atoms with E-state index in [2.05, 4.69) is 34.5 Å². The van der Waals surface area contributed by atoms with E-state index >= 15 is 0 Å². The molecule has 0 unspecified atom stereocenters. The largest absolute Gasteiger partial charge is 0.367 e. The first-order valence-corrected chi connectivity index (χ1v) is 8.07. The van der Waals surface area contributed by atoms with Crippen molar-refractivity contribution in [3.63, 3.8) is 0 Å². The number of aromatic nitrogens is 3. The Morgan fingerprint density at radius 1 is 1.48 bits per heavy atom. The van der Waals surface area contributed by atoms with E-state index in [9.17, 15) is 0 Å². The molecular formula is C16H21ClN4. The molecule has 1 aliphatic rings. The molecule has 0 amide bonds. The molecule has 3 rings (SSSR count). The summed E-state index contributed by atoms with van der Waals surface area (Å²) in [4.78, 5) is 4.67. The Labute approximate surface area is 130 Å². The van der Waals surface area contributed by atoms with E-state index in [4.69, 9.17) is 11.6 Å². The monoisotopic (exact) mass is 304 g/mol. The van der Waals surface area contributed by atoms with Crippen LogP contribution in [0, 0.1) is 0 Å². The first kappa shape index (κ1) is 14.4. The molecule has 0 atom stereocenters. The third-order valence-electron chi connectivity index (χ3n) is 4.19. The van der Waals surface area contributed by atoms with Crippen LogP contribution in [0.2, 0.25) is 5.02 Å². The maximum Gasteiger partial charge on any atom is 0.176 e. The first-order valence-electron chi connectivity index (χ1n) is 7.69. The zero-order chi connectivity index (χ0) is 14.8. The minimum atomic E-state index is 0.530. The van der Waals surface area contributed by atoms with Crippen molar-refractivity contribution in [3.05, 3.63) is 29.1 Å². The molecule has 4 nitrogen and oxygen atoms in total. The van der Waals surface area contributed by atoms with Crippen molar-refractivity contribution in [2.45, 2.75) is 52.0 Å². The summed E-state index contributed by atoms with van der Waals surface area (Å²) in [6.45, 7) is 4.19. The molecule has 2 heterocycles. The number of allylic oxidation sites excluding steroid dienone is 2. The second-order valence-corrected chi connectivity index (χ2v) is 5.95. The first-order chi connectivity index (χ1) is 10.2. The maximum absolute atomic E-state index is 6.23. The van der Waals surface area contributed by atoms with Gasteiger partial charge in [0, 0.05) is 12.1 Å². The molecular weight excluding hydrogens is 284 g/mol. The fraction of sp³-hybridized carbons (Fsp3) is 0.500. The summed E-state index contributed by atoms with van der Waals surface area (Å²) in [5.41, 5.74) is 2.93. The van der Waals surface area contributed by atoms with Crippen LogP contribution in [-0.2, 0) is 0 Å². The zero-order valence-electron chi connectivity index (χ0n) is 12.6. The Morgan fingerprint density at radius 2 is 2.24 bits per heavy atom. The SMILES string of the molecule is C/C=C(\CC)c1cc(NC2CCCC2)n2ncc(Cl)c2n1. The third-order valence-corrected chi connectivity index (χ3v) is 4.46. The molecule has 2 aromatic heterocycles. The summed E-state index contributed by atoms with van der Waals surface area (Å²) < 4.78 is 1.81. The second-order valence-electron chi connectivity index (χ2n) is 5.55. The van der Waals surface area contributed by atoms with Gasteiger partial charge in [-0.05, 0) is 31.8 Å². The smallest absolute Gasteiger partial charge is 0.176 e. The lowest BCUT2D eigenvalue weighted by Gasteiger charge is -2.16. The van der Waals surface area contributed by atoms with Gasteiger partial charge in [0.15, 0.2) is 5.65 Å². The van der Waals surface area contributed by atoms with E-state index in [1.165, 1.54) is 31.3 Å². The number of hydrogen-bond acceptors (Lipinski definition) is 3. The van der Waals surface area contributed by atoms with Gasteiger partial charge < -0.3 is 5.32 Å². The lowest BCUT2D eigenvalue weighted by atomic mass is 10.1. The van der Waals surface area contributed by atoms with Crippen LogP contribution in [0.15, 0.2) is 18.3 Å². The third kappa shape index (κ3) is 2.77. The normalized spacial score (nSPS) is 16.8. The molecule has 1 N–H and O–H groups in total. The van der Waals surface area contributed by atoms with Gasteiger partial charge in [-0.25, -0.2) is 4.98 Å². The zero-order valence-corrected chi connectivity index (χ0v) is 13.3. The number of nitrogens with zero attached hydrogens (tertiary/aromatic N) is 3. The molecule has 5 heteroatoms. The van der Waals surface area contributed by atoms with Crippen LogP contribution in [0.1, 0.15) is 51.6 Å². The van der Waals surface area contributed by atoms with E-state index < -0.39 is 0 Å². The van der Waals surface area contributed by atoms with Crippen LogP contribution in [0.5, 0.6) is 0 Å². The van der Waals surface area contributed by atoms with Crippen molar-refractivity contribution in [2.75, 3.05) is 5.32 Å². The molecule has 0 aromatic carbocycles. The minimum Gasteiger partial charge on any atom is -0.367 e. The number of hydrogen-bond donors (Lipinski definition) is 1. The molecule has 0 spiro atoms. The van der Waals surface area contributed by atoms with Gasteiger partial charge in [-0.15, -0.1) is 0 Å². The number of halogens is 1. The Morgan fingerprint density at radius 3 is 2.90 bits per heavy atom. The average molecular weight is 305 g/mol. The van der Waals surface area contributed by atoms with Gasteiger partial charge in [-0.2, -0.15) is 9.61 Å². The van der Waals surface area contributed by atoms with Crippen molar-refractivity contribution in [1.29, 1.82) is 0 Å². The Kier molecular flexibility index (Phi) is 4.15. The molecule has 21 heavy (non-hydrogen) atoms. The summed E-state index contributed by atoms with van der Waals surface area (Å²) in [5.74, 6) is 0.988. The molecule has 1 saturated carbocycles. The summed E-state index contributed by atoms with van der Waals surface area (Å²) in [5, 5.41) is 8.56. The standard InChI is InChI=1S/C16H21ClN4/c1-3-11(4-2)14-9-15(19-12-7-5-6-8-12)21-16(20-14)13(17)10-18-21/h3,9-10,12,19H,4-8H2,1-2H3/b11-3+. The van der Waals surface area contributed by atoms with Crippen molar-refractivity contribution in [2.24, 2.45) is 0 Å². The van der Waals surface area contributed by atoms with Crippen LogP contribution in [-0.4, -0.2) is 20.6 Å². The van der Waals surface area contributed by atoms with Crippen LogP contribution >= 0.6 is 11.6 Å². The predicted octanol–water partition coefficient (Wildman–Crippen LogP) is 4.55. The highest BCUT2D eigenvalue weighted by Crippen LogP contribution is 2.27. The van der Waals surface area contributed by atoms with E-state index in [0.29, 0.717) is 11.1 Å². The topological polar surface area (TPSA) is 42.2 Å². The molecule has 1 aliphatic carbocycles. The molecule has 0 bridgehead atoms. The van der Waals surface area contributed by atoms with Gasteiger partial charge in [0.25, 0.3) is 0 Å². The van der Waals surface area contributed by atoms with Crippen LogP contribution in [0.25, 0.3) is 11.2 Å². The molecule has 0 radical (unpaired) electrons. The second kappa shape index (κ2) is 6.06. The summed E-state index contributed by atoms with van der Waals surface area (Å²) >= 11 is 6.23. The van der Waals surface area contributed by atoms with Gasteiger partial charge in [-0.1, -0.05) is 37.4 Å². The average Bonchev–Trinajstić information content (AvgIpc) is 3.11. The molecule has 0 saturated heterocycles. The quantitative estimate of drug-likeness (QED) is 0.901. The Balaban J connectivity index is 2.07. The van der Waals surface area contributed by atoms with E-state index in [1.807, 2.05) is 11.4 Å². The Hall–Kier alpha value is -1.55. The summed E-state index contributed by atoms with van der Waals surface area (Å²) in [6, 6.07) is 2.62. The molecule has 1 fully saturated rings. The lowest BCUT2D eigenvalue weighted by Crippen LogP contribution is -2.17. The Bertz CT molecular complexity index is 668. The van der Waals surface area contributed by atoms with Gasteiger partial charge in [0.2, 0.25) is 0 Å². The van der Waals surface area contributed by atoms with Crippen molar-refractivity contribution in [1.82, 2.24) is 14.6 Å². The highest BCUT2D eigenvalue weighted by Gasteiger charge is 2.18. The van der Waals surface area contributed by atoms with Gasteiger partial charge in [-0.3, -0.25) is 0 Å². The maximum atomic E-state index is 6.23. The predicted molar refractivity (Wildman–Crippen MR) is 87.8 cm³/mol.